The fourth-order valence-corrected chi connectivity index (χ4v) is 3.50. The second kappa shape index (κ2) is 7.24. The van der Waals surface area contributed by atoms with Crippen LogP contribution in [0, 0.1) is 5.82 Å². The molecule has 12 heteroatoms. The number of benzene rings is 1. The molecule has 30 heavy (non-hydrogen) atoms. The van der Waals surface area contributed by atoms with Gasteiger partial charge in [0.15, 0.2) is 11.6 Å². The normalized spacial score (nSPS) is 16.6. The van der Waals surface area contributed by atoms with E-state index in [-0.39, 0.29) is 36.1 Å². The molecule has 0 atom stereocenters. The Morgan fingerprint density at radius 2 is 1.93 bits per heavy atom. The first-order chi connectivity index (χ1) is 14.2. The SMILES string of the molecule is O=C1NC(=O)C(N2CCc3c(ncnc3Oc3c(F)cccc3C(F)(F)F)C2)=C1Cl. The smallest absolute Gasteiger partial charge is 0.420 e. The zero-order valence-corrected chi connectivity index (χ0v) is 15.6. The van der Waals surface area contributed by atoms with Gasteiger partial charge < -0.3 is 9.64 Å². The van der Waals surface area contributed by atoms with E-state index in [1.807, 2.05) is 0 Å². The lowest BCUT2D eigenvalue weighted by atomic mass is 10.1. The molecule has 7 nitrogen and oxygen atoms in total. The molecule has 0 fully saturated rings. The van der Waals surface area contributed by atoms with Crippen LogP contribution in [0.5, 0.6) is 11.6 Å². The Labute approximate surface area is 171 Å². The van der Waals surface area contributed by atoms with Crippen LogP contribution < -0.4 is 10.1 Å². The maximum atomic E-state index is 14.1. The molecule has 2 aromatic rings. The maximum Gasteiger partial charge on any atom is 0.420 e. The van der Waals surface area contributed by atoms with Crippen LogP contribution in [-0.2, 0) is 28.7 Å². The third kappa shape index (κ3) is 3.45. The van der Waals surface area contributed by atoms with Crippen LogP contribution in [0.25, 0.3) is 0 Å². The Balaban J connectivity index is 1.67. The first-order valence-electron chi connectivity index (χ1n) is 8.53. The van der Waals surface area contributed by atoms with Gasteiger partial charge >= 0.3 is 6.18 Å². The third-order valence-electron chi connectivity index (χ3n) is 4.60. The average molecular weight is 443 g/mol. The number of amides is 2. The lowest BCUT2D eigenvalue weighted by Gasteiger charge is -2.30. The van der Waals surface area contributed by atoms with Gasteiger partial charge in [-0.3, -0.25) is 14.9 Å². The van der Waals surface area contributed by atoms with Gasteiger partial charge in [-0.2, -0.15) is 13.2 Å². The Morgan fingerprint density at radius 3 is 2.60 bits per heavy atom. The van der Waals surface area contributed by atoms with Crippen molar-refractivity contribution < 1.29 is 31.9 Å². The van der Waals surface area contributed by atoms with Crippen molar-refractivity contribution in [2.24, 2.45) is 0 Å². The summed E-state index contributed by atoms with van der Waals surface area (Å²) < 4.78 is 59.1. The molecule has 4 rings (SSSR count). The topological polar surface area (TPSA) is 84.4 Å². The molecule has 0 unspecified atom stereocenters. The average Bonchev–Trinajstić information content (AvgIpc) is 2.94. The molecular formula is C18H11ClF4N4O3. The number of alkyl halides is 3. The molecule has 156 valence electrons. The second-order valence-corrected chi connectivity index (χ2v) is 6.82. The van der Waals surface area contributed by atoms with E-state index in [1.165, 1.54) is 4.90 Å². The zero-order valence-electron chi connectivity index (χ0n) is 14.9. The van der Waals surface area contributed by atoms with Crippen molar-refractivity contribution in [2.75, 3.05) is 6.54 Å². The Morgan fingerprint density at radius 1 is 1.17 bits per heavy atom. The van der Waals surface area contributed by atoms with Crippen molar-refractivity contribution in [1.29, 1.82) is 0 Å². The molecule has 0 saturated carbocycles. The second-order valence-electron chi connectivity index (χ2n) is 6.44. The maximum absolute atomic E-state index is 14.1. The number of rotatable bonds is 3. The van der Waals surface area contributed by atoms with Crippen molar-refractivity contribution in [1.82, 2.24) is 20.2 Å². The van der Waals surface area contributed by atoms with Crippen molar-refractivity contribution in [3.63, 3.8) is 0 Å². The number of fused-ring (bicyclic) bond motifs is 1. The molecule has 1 aromatic carbocycles. The lowest BCUT2D eigenvalue weighted by molar-refractivity contribution is -0.138. The summed E-state index contributed by atoms with van der Waals surface area (Å²) in [7, 11) is 0. The molecule has 0 spiro atoms. The summed E-state index contributed by atoms with van der Waals surface area (Å²) >= 11 is 5.90. The van der Waals surface area contributed by atoms with E-state index in [1.54, 1.807) is 0 Å². The molecule has 0 aliphatic carbocycles. The van der Waals surface area contributed by atoms with Gasteiger partial charge in [-0.05, 0) is 18.6 Å². The number of carbonyl (C=O) groups is 2. The highest BCUT2D eigenvalue weighted by Crippen LogP contribution is 2.40. The van der Waals surface area contributed by atoms with Gasteiger partial charge in [0.1, 0.15) is 22.6 Å². The van der Waals surface area contributed by atoms with Crippen LogP contribution in [0.15, 0.2) is 35.3 Å². The number of nitrogens with one attached hydrogen (secondary N) is 1. The van der Waals surface area contributed by atoms with Crippen molar-refractivity contribution >= 4 is 23.4 Å². The number of halogens is 5. The number of para-hydroxylation sites is 1. The van der Waals surface area contributed by atoms with Gasteiger partial charge in [-0.1, -0.05) is 17.7 Å². The molecule has 0 saturated heterocycles. The summed E-state index contributed by atoms with van der Waals surface area (Å²) in [6.07, 6.45) is -3.61. The summed E-state index contributed by atoms with van der Waals surface area (Å²) in [5, 5.41) is 1.82. The number of hydrogen-bond donors (Lipinski definition) is 1. The minimum atomic E-state index is -4.83. The molecule has 1 aromatic heterocycles. The van der Waals surface area contributed by atoms with Gasteiger partial charge in [-0.15, -0.1) is 0 Å². The molecule has 2 amide bonds. The minimum absolute atomic E-state index is 0.0122. The summed E-state index contributed by atoms with van der Waals surface area (Å²) in [5.41, 5.74) is -0.570. The van der Waals surface area contributed by atoms with Crippen molar-refractivity contribution in [3.05, 3.63) is 57.9 Å². The van der Waals surface area contributed by atoms with Gasteiger partial charge in [0, 0.05) is 12.1 Å². The van der Waals surface area contributed by atoms with E-state index in [2.05, 4.69) is 15.3 Å². The number of hydrogen-bond acceptors (Lipinski definition) is 6. The Hall–Kier alpha value is -3.21. The number of nitrogens with zero attached hydrogens (tertiary/aromatic N) is 3. The van der Waals surface area contributed by atoms with Crippen LogP contribution in [0.3, 0.4) is 0 Å². The van der Waals surface area contributed by atoms with Crippen LogP contribution in [0.2, 0.25) is 0 Å². The van der Waals surface area contributed by atoms with Gasteiger partial charge in [0.05, 0.1) is 12.2 Å². The van der Waals surface area contributed by atoms with E-state index in [4.69, 9.17) is 16.3 Å². The Kier molecular flexibility index (Phi) is 4.85. The standard InChI is InChI=1S/C18H11ClF4N4O3/c19-12-13(16(29)26-15(12)28)27-5-4-8-11(6-27)24-7-25-17(8)30-14-9(18(21,22)23)2-1-3-10(14)20/h1-3,7H,4-6H2,(H,26,28,29). The monoisotopic (exact) mass is 442 g/mol. The molecule has 2 aliphatic heterocycles. The van der Waals surface area contributed by atoms with Crippen LogP contribution in [0.1, 0.15) is 16.8 Å². The summed E-state index contributed by atoms with van der Waals surface area (Å²) in [5.74, 6) is -3.76. The molecule has 2 aliphatic rings. The Bertz CT molecular complexity index is 1100. The van der Waals surface area contributed by atoms with Gasteiger partial charge in [0.2, 0.25) is 5.88 Å². The van der Waals surface area contributed by atoms with Gasteiger partial charge in [-0.25, -0.2) is 14.4 Å². The number of aromatic nitrogens is 2. The van der Waals surface area contributed by atoms with Crippen LogP contribution in [-0.4, -0.2) is 33.2 Å². The third-order valence-corrected chi connectivity index (χ3v) is 4.95. The van der Waals surface area contributed by atoms with E-state index in [9.17, 15) is 27.2 Å². The molecular weight excluding hydrogens is 432 g/mol. The highest BCUT2D eigenvalue weighted by Gasteiger charge is 2.38. The predicted octanol–water partition coefficient (Wildman–Crippen LogP) is 2.89. The molecule has 0 radical (unpaired) electrons. The fourth-order valence-electron chi connectivity index (χ4n) is 3.24. The van der Waals surface area contributed by atoms with Crippen LogP contribution >= 0.6 is 11.6 Å². The van der Waals surface area contributed by atoms with Crippen molar-refractivity contribution in [2.45, 2.75) is 19.1 Å². The van der Waals surface area contributed by atoms with Gasteiger partial charge in [0.25, 0.3) is 11.8 Å². The zero-order chi connectivity index (χ0) is 21.6. The summed E-state index contributed by atoms with van der Waals surface area (Å²) in [4.78, 5) is 33.0. The highest BCUT2D eigenvalue weighted by molar-refractivity contribution is 6.47. The highest BCUT2D eigenvalue weighted by atomic mass is 35.5. The number of ether oxygens (including phenoxy) is 1. The first-order valence-corrected chi connectivity index (χ1v) is 8.91. The molecule has 3 heterocycles. The first kappa shape index (κ1) is 20.1. The number of imide groups is 1. The fraction of sp³-hybridized carbons (Fsp3) is 0.222. The quantitative estimate of drug-likeness (QED) is 0.581. The molecule has 1 N–H and O–H groups in total. The van der Waals surface area contributed by atoms with E-state index >= 15 is 0 Å². The van der Waals surface area contributed by atoms with E-state index in [0.717, 1.165) is 18.5 Å². The predicted molar refractivity (Wildman–Crippen MR) is 93.7 cm³/mol. The minimum Gasteiger partial charge on any atom is -0.435 e. The van der Waals surface area contributed by atoms with Crippen molar-refractivity contribution in [3.8, 4) is 11.6 Å². The van der Waals surface area contributed by atoms with E-state index in [0.29, 0.717) is 17.3 Å². The van der Waals surface area contributed by atoms with Crippen LogP contribution in [0.4, 0.5) is 17.6 Å². The summed E-state index contributed by atoms with van der Waals surface area (Å²) in [6, 6.07) is 2.49. The largest absolute Gasteiger partial charge is 0.435 e. The molecule has 0 bridgehead atoms. The number of carbonyl (C=O) groups excluding carboxylic acids is 2. The lowest BCUT2D eigenvalue weighted by Crippen LogP contribution is -2.35. The summed E-state index contributed by atoms with van der Waals surface area (Å²) in [6.45, 7) is 0.219. The van der Waals surface area contributed by atoms with E-state index < -0.39 is 35.1 Å².